The number of hydroxylamine groups is 2. The van der Waals surface area contributed by atoms with Gasteiger partial charge < -0.3 is 4.84 Å². The Hall–Kier alpha value is -1.80. The lowest BCUT2D eigenvalue weighted by molar-refractivity contribution is -0.0637. The average molecular weight is 223 g/mol. The molecule has 0 aliphatic carbocycles. The van der Waals surface area contributed by atoms with E-state index in [0.717, 1.165) is 18.7 Å². The first-order chi connectivity index (χ1) is 8.43. The summed E-state index contributed by atoms with van der Waals surface area (Å²) in [4.78, 5) is 5.90. The monoisotopic (exact) mass is 223 g/mol. The lowest BCUT2D eigenvalue weighted by Gasteiger charge is -2.29. The highest BCUT2D eigenvalue weighted by Crippen LogP contribution is 2.44. The van der Waals surface area contributed by atoms with Crippen LogP contribution in [0.25, 0.3) is 0 Å². The molecule has 0 bridgehead atoms. The SMILES string of the molecule is c1ccc2c(c1)CCN1Oc3ccccc3C21. The van der Waals surface area contributed by atoms with Crippen molar-refractivity contribution in [1.82, 2.24) is 5.06 Å². The molecule has 0 N–H and O–H groups in total. The molecule has 0 spiro atoms. The smallest absolute Gasteiger partial charge is 0.152 e. The zero-order valence-electron chi connectivity index (χ0n) is 9.47. The molecule has 0 saturated heterocycles. The second kappa shape index (κ2) is 3.34. The predicted molar refractivity (Wildman–Crippen MR) is 65.8 cm³/mol. The number of hydrogen-bond donors (Lipinski definition) is 0. The van der Waals surface area contributed by atoms with E-state index in [4.69, 9.17) is 4.84 Å². The molecule has 4 rings (SSSR count). The minimum Gasteiger partial charge on any atom is -0.405 e. The van der Waals surface area contributed by atoms with E-state index >= 15 is 0 Å². The Bertz CT molecular complexity index is 579. The van der Waals surface area contributed by atoms with Crippen LogP contribution in [0.4, 0.5) is 0 Å². The van der Waals surface area contributed by atoms with Crippen molar-refractivity contribution in [3.8, 4) is 5.75 Å². The van der Waals surface area contributed by atoms with Crippen molar-refractivity contribution >= 4 is 0 Å². The molecule has 1 unspecified atom stereocenters. The largest absolute Gasteiger partial charge is 0.405 e. The first kappa shape index (κ1) is 9.25. The Morgan fingerprint density at radius 2 is 1.71 bits per heavy atom. The lowest BCUT2D eigenvalue weighted by Crippen LogP contribution is -2.33. The van der Waals surface area contributed by atoms with Gasteiger partial charge in [0.15, 0.2) is 5.75 Å². The van der Waals surface area contributed by atoms with Crippen LogP contribution in [-0.2, 0) is 6.42 Å². The van der Waals surface area contributed by atoms with Crippen LogP contribution in [0.15, 0.2) is 48.5 Å². The summed E-state index contributed by atoms with van der Waals surface area (Å²) in [6.07, 6.45) is 1.07. The molecule has 0 saturated carbocycles. The maximum absolute atomic E-state index is 5.90. The van der Waals surface area contributed by atoms with Crippen LogP contribution < -0.4 is 4.84 Å². The van der Waals surface area contributed by atoms with Gasteiger partial charge in [-0.1, -0.05) is 42.5 Å². The van der Waals surface area contributed by atoms with Gasteiger partial charge in [0.05, 0.1) is 6.04 Å². The fourth-order valence-electron chi connectivity index (χ4n) is 2.88. The Labute approximate surface area is 100 Å². The normalized spacial score (nSPS) is 21.3. The Kier molecular flexibility index (Phi) is 1.82. The molecule has 0 amide bonds. The number of para-hydroxylation sites is 1. The molecular formula is C15H13NO. The quantitative estimate of drug-likeness (QED) is 0.681. The van der Waals surface area contributed by atoms with Crippen LogP contribution in [0.1, 0.15) is 22.7 Å². The van der Waals surface area contributed by atoms with Crippen molar-refractivity contribution in [2.45, 2.75) is 12.5 Å². The summed E-state index contributed by atoms with van der Waals surface area (Å²) < 4.78 is 0. The zero-order chi connectivity index (χ0) is 11.2. The standard InChI is InChI=1S/C15H13NO/c1-2-6-12-11(5-1)9-10-16-15(12)13-7-3-4-8-14(13)17-16/h1-8,15H,9-10H2. The fourth-order valence-corrected chi connectivity index (χ4v) is 2.88. The summed E-state index contributed by atoms with van der Waals surface area (Å²) in [6, 6.07) is 17.3. The van der Waals surface area contributed by atoms with Crippen LogP contribution >= 0.6 is 0 Å². The highest BCUT2D eigenvalue weighted by Gasteiger charge is 2.37. The average Bonchev–Trinajstić information content (AvgIpc) is 2.77. The fraction of sp³-hybridized carbons (Fsp3) is 0.200. The minimum absolute atomic E-state index is 0.288. The van der Waals surface area contributed by atoms with Gasteiger partial charge in [0.25, 0.3) is 0 Å². The van der Waals surface area contributed by atoms with E-state index in [-0.39, 0.29) is 6.04 Å². The van der Waals surface area contributed by atoms with E-state index < -0.39 is 0 Å². The van der Waals surface area contributed by atoms with Crippen molar-refractivity contribution in [1.29, 1.82) is 0 Å². The summed E-state index contributed by atoms with van der Waals surface area (Å²) >= 11 is 0. The third-order valence-electron chi connectivity index (χ3n) is 3.67. The molecule has 2 aromatic carbocycles. The lowest BCUT2D eigenvalue weighted by atomic mass is 9.90. The summed E-state index contributed by atoms with van der Waals surface area (Å²) in [5, 5.41) is 2.10. The van der Waals surface area contributed by atoms with Gasteiger partial charge in [-0.15, -0.1) is 5.06 Å². The number of benzene rings is 2. The zero-order valence-corrected chi connectivity index (χ0v) is 9.47. The third kappa shape index (κ3) is 1.25. The number of nitrogens with zero attached hydrogens (tertiary/aromatic N) is 1. The van der Waals surface area contributed by atoms with Gasteiger partial charge in [-0.3, -0.25) is 0 Å². The van der Waals surface area contributed by atoms with E-state index in [1.165, 1.54) is 16.7 Å². The first-order valence-corrected chi connectivity index (χ1v) is 6.05. The molecule has 1 atom stereocenters. The minimum atomic E-state index is 0.288. The molecule has 2 aromatic rings. The van der Waals surface area contributed by atoms with Crippen LogP contribution in [0.5, 0.6) is 5.75 Å². The summed E-state index contributed by atoms with van der Waals surface area (Å²) in [6.45, 7) is 0.969. The van der Waals surface area contributed by atoms with Gasteiger partial charge in [-0.2, -0.15) is 0 Å². The maximum atomic E-state index is 5.90. The molecule has 17 heavy (non-hydrogen) atoms. The molecular weight excluding hydrogens is 210 g/mol. The molecule has 0 fully saturated rings. The molecule has 84 valence electrons. The van der Waals surface area contributed by atoms with Crippen LogP contribution in [-0.4, -0.2) is 11.6 Å². The van der Waals surface area contributed by atoms with Gasteiger partial charge in [0, 0.05) is 12.1 Å². The number of hydrogen-bond acceptors (Lipinski definition) is 2. The number of rotatable bonds is 0. The highest BCUT2D eigenvalue weighted by atomic mass is 16.7. The van der Waals surface area contributed by atoms with Gasteiger partial charge in [0.1, 0.15) is 0 Å². The van der Waals surface area contributed by atoms with Crippen molar-refractivity contribution in [3.05, 3.63) is 65.2 Å². The van der Waals surface area contributed by atoms with Crippen molar-refractivity contribution in [2.75, 3.05) is 6.54 Å². The van der Waals surface area contributed by atoms with Crippen molar-refractivity contribution in [3.63, 3.8) is 0 Å². The molecule has 0 radical (unpaired) electrons. The van der Waals surface area contributed by atoms with E-state index in [2.05, 4.69) is 47.5 Å². The molecule has 2 heteroatoms. The predicted octanol–water partition coefficient (Wildman–Crippen LogP) is 2.94. The van der Waals surface area contributed by atoms with Gasteiger partial charge in [0.2, 0.25) is 0 Å². The van der Waals surface area contributed by atoms with Crippen LogP contribution in [0.3, 0.4) is 0 Å². The second-order valence-electron chi connectivity index (χ2n) is 4.62. The number of fused-ring (bicyclic) bond motifs is 5. The Balaban J connectivity index is 1.92. The van der Waals surface area contributed by atoms with E-state index in [1.807, 2.05) is 6.07 Å². The molecule has 2 nitrogen and oxygen atoms in total. The summed E-state index contributed by atoms with van der Waals surface area (Å²) in [7, 11) is 0. The van der Waals surface area contributed by atoms with E-state index in [0.29, 0.717) is 0 Å². The molecule has 0 aromatic heterocycles. The highest BCUT2D eigenvalue weighted by molar-refractivity contribution is 5.47. The van der Waals surface area contributed by atoms with Crippen molar-refractivity contribution in [2.24, 2.45) is 0 Å². The second-order valence-corrected chi connectivity index (χ2v) is 4.62. The third-order valence-corrected chi connectivity index (χ3v) is 3.67. The summed E-state index contributed by atoms with van der Waals surface area (Å²) in [5.74, 6) is 1.01. The maximum Gasteiger partial charge on any atom is 0.152 e. The van der Waals surface area contributed by atoms with Crippen molar-refractivity contribution < 1.29 is 4.84 Å². The van der Waals surface area contributed by atoms with Gasteiger partial charge in [-0.25, -0.2) is 0 Å². The van der Waals surface area contributed by atoms with Gasteiger partial charge >= 0.3 is 0 Å². The van der Waals surface area contributed by atoms with E-state index in [9.17, 15) is 0 Å². The van der Waals surface area contributed by atoms with Crippen LogP contribution in [0, 0.1) is 0 Å². The first-order valence-electron chi connectivity index (χ1n) is 6.05. The Morgan fingerprint density at radius 3 is 2.65 bits per heavy atom. The summed E-state index contributed by atoms with van der Waals surface area (Å²) in [5.41, 5.74) is 4.14. The van der Waals surface area contributed by atoms with Crippen LogP contribution in [0.2, 0.25) is 0 Å². The molecule has 2 heterocycles. The van der Waals surface area contributed by atoms with Gasteiger partial charge in [-0.05, 0) is 23.6 Å². The topological polar surface area (TPSA) is 12.5 Å². The molecule has 2 aliphatic heterocycles. The Morgan fingerprint density at radius 1 is 0.941 bits per heavy atom. The van der Waals surface area contributed by atoms with E-state index in [1.54, 1.807) is 0 Å². The molecule has 2 aliphatic rings.